The van der Waals surface area contributed by atoms with Gasteiger partial charge in [-0.25, -0.2) is 19.9 Å². The van der Waals surface area contributed by atoms with E-state index in [0.717, 1.165) is 59.2 Å². The van der Waals surface area contributed by atoms with Crippen molar-refractivity contribution in [1.82, 2.24) is 19.9 Å². The van der Waals surface area contributed by atoms with E-state index in [9.17, 15) is 25.9 Å². The molecule has 0 spiro atoms. The van der Waals surface area contributed by atoms with Crippen molar-refractivity contribution in [2.24, 2.45) is 82.7 Å². The number of nitrogens with zero attached hydrogens (tertiary/aromatic N) is 20. The summed E-state index contributed by atoms with van der Waals surface area (Å²) in [5.74, 6) is -0.0828. The van der Waals surface area contributed by atoms with Crippen LogP contribution in [-0.4, -0.2) is 105 Å². The zero-order valence-electron chi connectivity index (χ0n) is 42.2. The molecule has 6 aromatic carbocycles. The van der Waals surface area contributed by atoms with Gasteiger partial charge in [0.2, 0.25) is 11.9 Å². The van der Waals surface area contributed by atoms with Crippen molar-refractivity contribution in [1.29, 1.82) is 0 Å². The van der Waals surface area contributed by atoms with Gasteiger partial charge in [0.1, 0.15) is 29.9 Å². The number of hydrogen-bond acceptors (Lipinski definition) is 30. The van der Waals surface area contributed by atoms with Gasteiger partial charge in [-0.15, -0.1) is 40.9 Å². The molecule has 0 unspecified atom stereocenters. The van der Waals surface area contributed by atoms with Gasteiger partial charge in [-0.05, 0) is 124 Å². The van der Waals surface area contributed by atoms with Gasteiger partial charge < -0.3 is 10.6 Å². The van der Waals surface area contributed by atoms with Crippen LogP contribution in [0.3, 0.4) is 0 Å². The van der Waals surface area contributed by atoms with Crippen LogP contribution in [0.1, 0.15) is 33.4 Å². The molecular formula is C50H36N22Na2O6S6. The first-order valence-electron chi connectivity index (χ1n) is 24.2. The first kappa shape index (κ1) is 61.9. The number of aromatic nitrogens is 4. The van der Waals surface area contributed by atoms with E-state index in [4.69, 9.17) is 19.9 Å². The Morgan fingerprint density at radius 1 is 0.349 bits per heavy atom. The molecule has 0 saturated carbocycles. The summed E-state index contributed by atoms with van der Waals surface area (Å²) in [6.07, 6.45) is 2.50. The molecule has 6 heterocycles. The van der Waals surface area contributed by atoms with Crippen LogP contribution in [0, 0.1) is 0 Å². The second kappa shape index (κ2) is 26.0. The van der Waals surface area contributed by atoms with Crippen molar-refractivity contribution in [3.8, 4) is 0 Å². The van der Waals surface area contributed by atoms with Crippen LogP contribution in [0.15, 0.2) is 282 Å². The average Bonchev–Trinajstić information content (AvgIpc) is 2.21. The summed E-state index contributed by atoms with van der Waals surface area (Å²) in [5, 5.41) is 72.5. The summed E-state index contributed by atoms with van der Waals surface area (Å²) in [6.45, 7) is 0. The number of nitrogens with one attached hydrogen (secondary N) is 2. The molecular weight excluding hydrogens is 1240 g/mol. The van der Waals surface area contributed by atoms with Crippen LogP contribution in [0.4, 0.5) is 23.3 Å². The molecule has 36 heteroatoms. The molecule has 0 saturated heterocycles. The standard InChI is InChI=1S/C50H34N22O6S6.2Na.2H/c73-83(74,75)39-27-37(51-45-53-41(79-47(57-65-66-58-47)33-13-5-1-6-14-33)29-42(54-45)80-48(59-67-68-60-48)34-15-7-2-8-16-34)25-23-31(39)21-22-32-24-26-38(28-40(32)84(76,77)78)52-46-55-43(81-49(61-69-70-62-49)35-17-9-3-10-18-35)30-44(56-46)82-50(63-71-72-64-50)36-19-11-4-12-20-36;;;;/h1-30H,(H,51,53,54)(H,52,55,56)(H,73,74,75)(H,76,77,78);;;;. The predicted octanol–water partition coefficient (Wildman–Crippen LogP) is 13.1. The van der Waals surface area contributed by atoms with E-state index in [2.05, 4.69) is 93.3 Å². The van der Waals surface area contributed by atoms with Crippen LogP contribution in [0.25, 0.3) is 12.2 Å². The third-order valence-electron chi connectivity index (χ3n) is 12.1. The van der Waals surface area contributed by atoms with Gasteiger partial charge in [-0.2, -0.15) is 16.8 Å². The van der Waals surface area contributed by atoms with E-state index < -0.39 is 50.0 Å². The normalized spacial score (nSPS) is 16.2. The molecule has 0 atom stereocenters. The Bertz CT molecular complexity index is 3880. The van der Waals surface area contributed by atoms with E-state index >= 15 is 0 Å². The molecule has 28 nitrogen and oxygen atoms in total. The van der Waals surface area contributed by atoms with Gasteiger partial charge >= 0.3 is 59.1 Å². The number of rotatable bonds is 20. The molecule has 4 N–H and O–H groups in total. The monoisotopic (exact) mass is 1280 g/mol. The Kier molecular flexibility index (Phi) is 18.7. The number of hydrogen-bond donors (Lipinski definition) is 4. The Morgan fingerprint density at radius 3 is 0.826 bits per heavy atom. The van der Waals surface area contributed by atoms with E-state index in [0.29, 0.717) is 42.4 Å². The summed E-state index contributed by atoms with van der Waals surface area (Å²) < 4.78 is 73.9. The summed E-state index contributed by atoms with van der Waals surface area (Å²) in [4.78, 5) is 12.3. The van der Waals surface area contributed by atoms with Gasteiger partial charge in [0, 0.05) is 45.8 Å². The van der Waals surface area contributed by atoms with Crippen LogP contribution in [0.5, 0.6) is 0 Å². The van der Waals surface area contributed by atoms with Crippen LogP contribution in [0.2, 0.25) is 0 Å². The van der Waals surface area contributed by atoms with Gasteiger partial charge in [-0.1, -0.05) is 146 Å². The third-order valence-corrected chi connectivity index (χ3v) is 18.3. The van der Waals surface area contributed by atoms with Crippen LogP contribution < -0.4 is 10.6 Å². The SMILES string of the molecule is O=S(=O)(O)c1cc(Nc2nc(SC3(c4ccccc4)N=NN=N3)cc(SC3(c4ccccc4)N=NN=N3)n2)ccc1C=Cc1ccc(Nc2nc(SC3(c4ccccc4)N=NN=N3)cc(SC3(c4ccccc4)N=NN=N3)n2)cc1S(=O)(=O)O.[NaH].[NaH]. The van der Waals surface area contributed by atoms with Crippen molar-refractivity contribution in [3.63, 3.8) is 0 Å². The molecule has 0 radical (unpaired) electrons. The molecule has 12 rings (SSSR count). The topological polar surface area (TPSA) is 382 Å². The second-order valence-electron chi connectivity index (χ2n) is 17.6. The van der Waals surface area contributed by atoms with Crippen molar-refractivity contribution in [2.75, 3.05) is 10.6 Å². The minimum atomic E-state index is -4.99. The van der Waals surface area contributed by atoms with Crippen molar-refractivity contribution < 1.29 is 25.9 Å². The van der Waals surface area contributed by atoms with E-state index in [1.807, 2.05) is 121 Å². The number of benzene rings is 6. The molecule has 86 heavy (non-hydrogen) atoms. The van der Waals surface area contributed by atoms with Gasteiger partial charge in [-0.3, -0.25) is 9.11 Å². The van der Waals surface area contributed by atoms with Gasteiger partial charge in [0.15, 0.2) is 0 Å². The van der Waals surface area contributed by atoms with Crippen LogP contribution in [-0.2, 0) is 40.2 Å². The number of anilines is 4. The van der Waals surface area contributed by atoms with E-state index in [1.54, 1.807) is 12.1 Å². The second-order valence-corrected chi connectivity index (χ2v) is 25.1. The van der Waals surface area contributed by atoms with Crippen molar-refractivity contribution >= 4 is 162 Å². The zero-order valence-corrected chi connectivity index (χ0v) is 47.1. The number of thioether (sulfide) groups is 4. The molecule has 0 amide bonds. The van der Waals surface area contributed by atoms with E-state index in [-0.39, 0.29) is 93.5 Å². The maximum absolute atomic E-state index is 13.2. The summed E-state index contributed by atoms with van der Waals surface area (Å²) >= 11 is 4.38. The summed E-state index contributed by atoms with van der Waals surface area (Å²) in [7, 11) is -9.98. The van der Waals surface area contributed by atoms with Gasteiger partial charge in [0.25, 0.3) is 40.2 Å². The van der Waals surface area contributed by atoms with Crippen LogP contribution >= 0.6 is 47.0 Å². The summed E-state index contributed by atoms with van der Waals surface area (Å²) in [5.41, 5.74) is 2.65. The third kappa shape index (κ3) is 13.7. The molecule has 0 bridgehead atoms. The Hall–Kier alpha value is -7.16. The molecule has 2 aromatic heterocycles. The Labute approximate surface area is 548 Å². The Morgan fingerprint density at radius 2 is 0.593 bits per heavy atom. The average molecular weight is 1280 g/mol. The molecule has 8 aromatic rings. The van der Waals surface area contributed by atoms with Crippen molar-refractivity contribution in [2.45, 2.75) is 49.9 Å². The fourth-order valence-electron chi connectivity index (χ4n) is 8.30. The van der Waals surface area contributed by atoms with E-state index in [1.165, 1.54) is 36.4 Å². The first-order chi connectivity index (χ1) is 40.7. The predicted molar refractivity (Wildman–Crippen MR) is 321 cm³/mol. The molecule has 0 fully saturated rings. The molecule has 4 aliphatic heterocycles. The zero-order chi connectivity index (χ0) is 57.8. The fraction of sp³-hybridized carbons (Fsp3) is 0.0800. The van der Waals surface area contributed by atoms with Gasteiger partial charge in [0.05, 0.1) is 0 Å². The maximum atomic E-state index is 13.2. The minimum absolute atomic E-state index is 0. The molecule has 4 aliphatic rings. The Balaban J connectivity index is 0.00000410. The molecule has 0 aliphatic carbocycles. The fourth-order valence-corrected chi connectivity index (χ4v) is 13.9. The summed E-state index contributed by atoms with van der Waals surface area (Å²) in [6, 6.07) is 47.7. The molecule has 420 valence electrons. The first-order valence-corrected chi connectivity index (χ1v) is 30.4. The van der Waals surface area contributed by atoms with Crippen molar-refractivity contribution in [3.05, 3.63) is 203 Å². The quantitative estimate of drug-likeness (QED) is 0.0238.